The number of aldehydes is 1. The van der Waals surface area contributed by atoms with Gasteiger partial charge in [-0.05, 0) is 30.5 Å². The zero-order valence-corrected chi connectivity index (χ0v) is 8.57. The van der Waals surface area contributed by atoms with Crippen molar-refractivity contribution >= 4 is 6.29 Å². The molecule has 1 aromatic carbocycles. The average molecular weight is 205 g/mol. The van der Waals surface area contributed by atoms with Crippen LogP contribution in [0.1, 0.15) is 41.6 Å². The molecule has 15 heavy (non-hydrogen) atoms. The lowest BCUT2D eigenvalue weighted by atomic mass is 9.86. The van der Waals surface area contributed by atoms with Crippen LogP contribution >= 0.6 is 0 Å². The Morgan fingerprint density at radius 2 is 2.00 bits per heavy atom. The molecule has 0 aromatic heterocycles. The first kappa shape index (κ1) is 10.2. The van der Waals surface area contributed by atoms with Crippen LogP contribution in [0.3, 0.4) is 0 Å². The van der Waals surface area contributed by atoms with Gasteiger partial charge in [-0.3, -0.25) is 4.79 Å². The minimum absolute atomic E-state index is 0.113. The smallest absolute Gasteiger partial charge is 0.150 e. The standard InChI is InChI=1S/C12H15NO2/c13-12(5-1-2-6-12)11-4-3-10(15)7-9(11)8-14/h3-4,7-8,15H,1-2,5-6,13H2. The molecule has 0 bridgehead atoms. The molecule has 80 valence electrons. The van der Waals surface area contributed by atoms with Crippen molar-refractivity contribution in [3.05, 3.63) is 29.3 Å². The van der Waals surface area contributed by atoms with E-state index in [9.17, 15) is 9.90 Å². The molecule has 1 saturated carbocycles. The molecular weight excluding hydrogens is 190 g/mol. The molecule has 1 aliphatic carbocycles. The topological polar surface area (TPSA) is 63.3 Å². The molecule has 0 spiro atoms. The summed E-state index contributed by atoms with van der Waals surface area (Å²) in [4.78, 5) is 10.9. The lowest BCUT2D eigenvalue weighted by Gasteiger charge is -2.25. The largest absolute Gasteiger partial charge is 0.508 e. The molecule has 3 N–H and O–H groups in total. The van der Waals surface area contributed by atoms with E-state index in [0.717, 1.165) is 37.5 Å². The number of hydrogen-bond acceptors (Lipinski definition) is 3. The van der Waals surface area contributed by atoms with Gasteiger partial charge in [-0.1, -0.05) is 18.9 Å². The van der Waals surface area contributed by atoms with Crippen LogP contribution in [-0.4, -0.2) is 11.4 Å². The maximum absolute atomic E-state index is 10.9. The van der Waals surface area contributed by atoms with Gasteiger partial charge < -0.3 is 10.8 Å². The number of aromatic hydroxyl groups is 1. The van der Waals surface area contributed by atoms with Crippen LogP contribution in [0.2, 0.25) is 0 Å². The summed E-state index contributed by atoms with van der Waals surface area (Å²) in [6, 6.07) is 4.84. The zero-order chi connectivity index (χ0) is 10.9. The number of nitrogens with two attached hydrogens (primary N) is 1. The maximum atomic E-state index is 10.9. The molecular formula is C12H15NO2. The number of benzene rings is 1. The molecule has 0 aliphatic heterocycles. The Balaban J connectivity index is 2.46. The Morgan fingerprint density at radius 3 is 2.60 bits per heavy atom. The molecule has 0 heterocycles. The van der Waals surface area contributed by atoms with Crippen molar-refractivity contribution in [2.75, 3.05) is 0 Å². The summed E-state index contributed by atoms with van der Waals surface area (Å²) in [5.41, 5.74) is 7.28. The Morgan fingerprint density at radius 1 is 1.33 bits per heavy atom. The number of phenolic OH excluding ortho intramolecular Hbond substituents is 1. The predicted octanol–water partition coefficient (Wildman–Crippen LogP) is 1.93. The van der Waals surface area contributed by atoms with Gasteiger partial charge in [-0.25, -0.2) is 0 Å². The molecule has 1 aromatic rings. The first-order valence-electron chi connectivity index (χ1n) is 5.23. The molecule has 1 aliphatic rings. The third kappa shape index (κ3) is 1.75. The average Bonchev–Trinajstić information content (AvgIpc) is 2.66. The van der Waals surface area contributed by atoms with E-state index in [1.54, 1.807) is 12.1 Å². The monoisotopic (exact) mass is 205 g/mol. The minimum atomic E-state index is -0.371. The Bertz CT molecular complexity index is 381. The Labute approximate surface area is 88.9 Å². The fourth-order valence-corrected chi connectivity index (χ4v) is 2.38. The van der Waals surface area contributed by atoms with E-state index in [1.807, 2.05) is 0 Å². The van der Waals surface area contributed by atoms with Gasteiger partial charge in [0.1, 0.15) is 5.75 Å². The lowest BCUT2D eigenvalue weighted by Crippen LogP contribution is -2.34. The molecule has 0 amide bonds. The summed E-state index contributed by atoms with van der Waals surface area (Å²) in [6.07, 6.45) is 4.81. The van der Waals surface area contributed by atoms with Crippen LogP contribution < -0.4 is 5.73 Å². The lowest BCUT2D eigenvalue weighted by molar-refractivity contribution is 0.112. The summed E-state index contributed by atoms with van der Waals surface area (Å²) < 4.78 is 0. The number of carbonyl (C=O) groups is 1. The van der Waals surface area contributed by atoms with E-state index in [2.05, 4.69) is 0 Å². The fraction of sp³-hybridized carbons (Fsp3) is 0.417. The number of phenols is 1. The fourth-order valence-electron chi connectivity index (χ4n) is 2.38. The van der Waals surface area contributed by atoms with Crippen molar-refractivity contribution in [2.24, 2.45) is 5.73 Å². The van der Waals surface area contributed by atoms with Gasteiger partial charge in [0.2, 0.25) is 0 Å². The third-order valence-electron chi connectivity index (χ3n) is 3.19. The minimum Gasteiger partial charge on any atom is -0.508 e. The zero-order valence-electron chi connectivity index (χ0n) is 8.57. The normalized spacial score (nSPS) is 19.0. The second kappa shape index (κ2) is 3.66. The highest BCUT2D eigenvalue weighted by molar-refractivity contribution is 5.78. The summed E-state index contributed by atoms with van der Waals surface area (Å²) in [5, 5.41) is 9.30. The Kier molecular flexibility index (Phi) is 2.49. The van der Waals surface area contributed by atoms with E-state index < -0.39 is 0 Å². The summed E-state index contributed by atoms with van der Waals surface area (Å²) in [6.45, 7) is 0. The van der Waals surface area contributed by atoms with E-state index in [-0.39, 0.29) is 11.3 Å². The molecule has 2 rings (SSSR count). The van der Waals surface area contributed by atoms with Crippen LogP contribution in [0.5, 0.6) is 5.75 Å². The highest BCUT2D eigenvalue weighted by Gasteiger charge is 2.32. The number of carbonyl (C=O) groups excluding carboxylic acids is 1. The van der Waals surface area contributed by atoms with Crippen molar-refractivity contribution in [3.63, 3.8) is 0 Å². The van der Waals surface area contributed by atoms with E-state index in [0.29, 0.717) is 5.56 Å². The van der Waals surface area contributed by atoms with E-state index >= 15 is 0 Å². The van der Waals surface area contributed by atoms with Gasteiger partial charge >= 0.3 is 0 Å². The van der Waals surface area contributed by atoms with Gasteiger partial charge in [0.25, 0.3) is 0 Å². The van der Waals surface area contributed by atoms with Crippen LogP contribution in [0.15, 0.2) is 18.2 Å². The van der Waals surface area contributed by atoms with Crippen LogP contribution in [0, 0.1) is 0 Å². The molecule has 0 radical (unpaired) electrons. The summed E-state index contributed by atoms with van der Waals surface area (Å²) >= 11 is 0. The molecule has 3 heteroatoms. The highest BCUT2D eigenvalue weighted by atomic mass is 16.3. The van der Waals surface area contributed by atoms with Gasteiger partial charge in [0.15, 0.2) is 6.29 Å². The van der Waals surface area contributed by atoms with Gasteiger partial charge in [0.05, 0.1) is 0 Å². The molecule has 0 unspecified atom stereocenters. The highest BCUT2D eigenvalue weighted by Crippen LogP contribution is 2.38. The van der Waals surface area contributed by atoms with E-state index in [4.69, 9.17) is 5.73 Å². The first-order valence-corrected chi connectivity index (χ1v) is 5.23. The summed E-state index contributed by atoms with van der Waals surface area (Å²) in [7, 11) is 0. The Hall–Kier alpha value is -1.35. The molecule has 0 saturated heterocycles. The van der Waals surface area contributed by atoms with Crippen molar-refractivity contribution < 1.29 is 9.90 Å². The maximum Gasteiger partial charge on any atom is 0.150 e. The van der Waals surface area contributed by atoms with Crippen molar-refractivity contribution in [2.45, 2.75) is 31.2 Å². The van der Waals surface area contributed by atoms with Gasteiger partial charge in [-0.2, -0.15) is 0 Å². The molecule has 3 nitrogen and oxygen atoms in total. The summed E-state index contributed by atoms with van der Waals surface area (Å²) in [5.74, 6) is 0.113. The SMILES string of the molecule is NC1(c2ccc(O)cc2C=O)CCCC1. The predicted molar refractivity (Wildman–Crippen MR) is 57.8 cm³/mol. The van der Waals surface area contributed by atoms with Crippen LogP contribution in [0.25, 0.3) is 0 Å². The molecule has 0 atom stereocenters. The number of hydrogen-bond donors (Lipinski definition) is 2. The van der Waals surface area contributed by atoms with Crippen molar-refractivity contribution in [1.82, 2.24) is 0 Å². The second-order valence-electron chi connectivity index (χ2n) is 4.25. The quantitative estimate of drug-likeness (QED) is 0.725. The van der Waals surface area contributed by atoms with Crippen LogP contribution in [0.4, 0.5) is 0 Å². The van der Waals surface area contributed by atoms with Crippen molar-refractivity contribution in [1.29, 1.82) is 0 Å². The van der Waals surface area contributed by atoms with Gasteiger partial charge in [-0.15, -0.1) is 0 Å². The van der Waals surface area contributed by atoms with E-state index in [1.165, 1.54) is 6.07 Å². The number of rotatable bonds is 2. The van der Waals surface area contributed by atoms with Crippen molar-refractivity contribution in [3.8, 4) is 5.75 Å². The first-order chi connectivity index (χ1) is 7.15. The van der Waals surface area contributed by atoms with Crippen LogP contribution in [-0.2, 0) is 5.54 Å². The third-order valence-corrected chi connectivity index (χ3v) is 3.19. The van der Waals surface area contributed by atoms with Gasteiger partial charge in [0, 0.05) is 11.1 Å². The second-order valence-corrected chi connectivity index (χ2v) is 4.25. The molecule has 1 fully saturated rings.